The van der Waals surface area contributed by atoms with Crippen LogP contribution < -0.4 is 0 Å². The molecule has 2 aliphatic rings. The lowest BCUT2D eigenvalue weighted by Gasteiger charge is -2.40. The van der Waals surface area contributed by atoms with Crippen LogP contribution >= 0.6 is 15.9 Å². The first-order valence-electron chi connectivity index (χ1n) is 12.0. The monoisotopic (exact) mass is 511 g/mol. The summed E-state index contributed by atoms with van der Waals surface area (Å²) in [6, 6.07) is 13.2. The number of nitrogens with zero attached hydrogens (tertiary/aromatic N) is 3. The van der Waals surface area contributed by atoms with E-state index in [0.29, 0.717) is 5.92 Å². The third-order valence-electron chi connectivity index (χ3n) is 7.34. The number of rotatable bonds is 5. The van der Waals surface area contributed by atoms with Gasteiger partial charge < -0.3 is 19.3 Å². The SMILES string of the molecule is CO[C@@H]1CN(C[C@@H]2Cc3ccc(Br)cc3C2)CC[C@H]1n1c(C(C)(C)O)nc2cc(C)ccc21. The zero-order valence-corrected chi connectivity index (χ0v) is 21.6. The first-order valence-corrected chi connectivity index (χ1v) is 12.8. The molecule has 1 N–H and O–H groups in total. The molecular weight excluding hydrogens is 478 g/mol. The summed E-state index contributed by atoms with van der Waals surface area (Å²) in [6.07, 6.45) is 3.35. The minimum Gasteiger partial charge on any atom is -0.383 e. The molecule has 2 aromatic carbocycles. The average molecular weight is 512 g/mol. The number of hydrogen-bond acceptors (Lipinski definition) is 4. The molecule has 1 aliphatic heterocycles. The number of halogens is 1. The Kier molecular flexibility index (Phi) is 6.15. The van der Waals surface area contributed by atoms with Crippen molar-refractivity contribution in [2.75, 3.05) is 26.7 Å². The van der Waals surface area contributed by atoms with Gasteiger partial charge in [0.05, 0.1) is 23.2 Å². The van der Waals surface area contributed by atoms with Crippen molar-refractivity contribution in [2.24, 2.45) is 5.92 Å². The highest BCUT2D eigenvalue weighted by atomic mass is 79.9. The smallest absolute Gasteiger partial charge is 0.141 e. The summed E-state index contributed by atoms with van der Waals surface area (Å²) >= 11 is 3.61. The van der Waals surface area contributed by atoms with Crippen LogP contribution in [0.25, 0.3) is 11.0 Å². The maximum absolute atomic E-state index is 10.9. The van der Waals surface area contributed by atoms with Crippen LogP contribution in [0.2, 0.25) is 0 Å². The van der Waals surface area contributed by atoms with E-state index in [-0.39, 0.29) is 12.1 Å². The molecular formula is C27H34BrN3O2. The van der Waals surface area contributed by atoms with Crippen LogP contribution in [-0.2, 0) is 23.2 Å². The average Bonchev–Trinajstić information content (AvgIpc) is 3.33. The molecule has 3 aromatic rings. The van der Waals surface area contributed by atoms with Gasteiger partial charge in [0.2, 0.25) is 0 Å². The van der Waals surface area contributed by atoms with Gasteiger partial charge in [-0.3, -0.25) is 0 Å². The predicted octanol–water partition coefficient (Wildman–Crippen LogP) is 5.01. The van der Waals surface area contributed by atoms with Gasteiger partial charge in [0.25, 0.3) is 0 Å². The summed E-state index contributed by atoms with van der Waals surface area (Å²) in [5.41, 5.74) is 5.16. The van der Waals surface area contributed by atoms with Crippen LogP contribution in [-0.4, -0.2) is 52.4 Å². The van der Waals surface area contributed by atoms with E-state index in [1.165, 1.54) is 21.2 Å². The number of aliphatic hydroxyl groups is 1. The highest BCUT2D eigenvalue weighted by molar-refractivity contribution is 9.10. The van der Waals surface area contributed by atoms with Crippen molar-refractivity contribution in [2.45, 2.75) is 57.8 Å². The van der Waals surface area contributed by atoms with E-state index in [1.807, 2.05) is 21.0 Å². The summed E-state index contributed by atoms with van der Waals surface area (Å²) < 4.78 is 9.49. The van der Waals surface area contributed by atoms with Crippen LogP contribution in [0.1, 0.15) is 48.8 Å². The molecule has 0 unspecified atom stereocenters. The van der Waals surface area contributed by atoms with Crippen molar-refractivity contribution in [3.8, 4) is 0 Å². The van der Waals surface area contributed by atoms with Gasteiger partial charge in [-0.1, -0.05) is 28.1 Å². The molecule has 2 heterocycles. The van der Waals surface area contributed by atoms with Crippen LogP contribution in [0, 0.1) is 12.8 Å². The van der Waals surface area contributed by atoms with E-state index in [9.17, 15) is 5.11 Å². The number of piperidine rings is 1. The number of hydrogen-bond donors (Lipinski definition) is 1. The number of fused-ring (bicyclic) bond motifs is 2. The number of ether oxygens (including phenoxy) is 1. The van der Waals surface area contributed by atoms with Gasteiger partial charge >= 0.3 is 0 Å². The molecule has 1 aromatic heterocycles. The lowest BCUT2D eigenvalue weighted by Crippen LogP contribution is -2.47. The van der Waals surface area contributed by atoms with Crippen molar-refractivity contribution >= 4 is 27.0 Å². The van der Waals surface area contributed by atoms with Gasteiger partial charge in [0.1, 0.15) is 11.4 Å². The van der Waals surface area contributed by atoms with Gasteiger partial charge in [-0.05, 0) is 86.9 Å². The fourth-order valence-corrected chi connectivity index (χ4v) is 6.22. The first kappa shape index (κ1) is 23.0. The molecule has 3 atom stereocenters. The molecule has 6 heteroatoms. The van der Waals surface area contributed by atoms with Crippen LogP contribution in [0.3, 0.4) is 0 Å². The normalized spacial score (nSPS) is 23.9. The second-order valence-corrected chi connectivity index (χ2v) is 11.3. The van der Waals surface area contributed by atoms with Crippen molar-refractivity contribution < 1.29 is 9.84 Å². The lowest BCUT2D eigenvalue weighted by atomic mass is 9.97. The first-order chi connectivity index (χ1) is 15.7. The van der Waals surface area contributed by atoms with Gasteiger partial charge in [-0.15, -0.1) is 0 Å². The van der Waals surface area contributed by atoms with Crippen molar-refractivity contribution in [1.29, 1.82) is 0 Å². The third kappa shape index (κ3) is 4.51. The molecule has 0 bridgehead atoms. The Morgan fingerprint density at radius 1 is 1.15 bits per heavy atom. The molecule has 176 valence electrons. The maximum atomic E-state index is 10.9. The number of likely N-dealkylation sites (tertiary alicyclic amines) is 1. The number of benzene rings is 2. The molecule has 1 saturated heterocycles. The Balaban J connectivity index is 1.36. The van der Waals surface area contributed by atoms with E-state index in [2.05, 4.69) is 68.7 Å². The number of imidazole rings is 1. The van der Waals surface area contributed by atoms with Gasteiger partial charge in [0, 0.05) is 31.2 Å². The second kappa shape index (κ2) is 8.81. The molecule has 0 saturated carbocycles. The number of aromatic nitrogens is 2. The Morgan fingerprint density at radius 3 is 2.70 bits per heavy atom. The fraction of sp³-hybridized carbons (Fsp3) is 0.519. The fourth-order valence-electron chi connectivity index (χ4n) is 5.81. The molecule has 5 nitrogen and oxygen atoms in total. The summed E-state index contributed by atoms with van der Waals surface area (Å²) in [4.78, 5) is 7.43. The van der Waals surface area contributed by atoms with Crippen molar-refractivity contribution in [3.05, 3.63) is 63.4 Å². The van der Waals surface area contributed by atoms with Crippen LogP contribution in [0.4, 0.5) is 0 Å². The number of aryl methyl sites for hydroxylation is 1. The molecule has 5 rings (SSSR count). The Hall–Kier alpha value is -1.73. The molecule has 33 heavy (non-hydrogen) atoms. The number of methoxy groups -OCH3 is 1. The third-order valence-corrected chi connectivity index (χ3v) is 7.83. The summed E-state index contributed by atoms with van der Waals surface area (Å²) in [5, 5.41) is 10.9. The van der Waals surface area contributed by atoms with E-state index in [4.69, 9.17) is 9.72 Å². The summed E-state index contributed by atoms with van der Waals surface area (Å²) in [7, 11) is 1.82. The van der Waals surface area contributed by atoms with Gasteiger partial charge in [-0.25, -0.2) is 4.98 Å². The predicted molar refractivity (Wildman–Crippen MR) is 136 cm³/mol. The van der Waals surface area contributed by atoms with E-state index < -0.39 is 5.60 Å². The second-order valence-electron chi connectivity index (χ2n) is 10.4. The Labute approximate surface area is 204 Å². The zero-order valence-electron chi connectivity index (χ0n) is 20.0. The quantitative estimate of drug-likeness (QED) is 0.522. The minimum absolute atomic E-state index is 0.0523. The standard InChI is InChI=1S/C27H34BrN3O2/c1-17-5-8-23-22(11-17)29-26(27(2,3)32)31(23)24-9-10-30(16-25(24)33-4)15-18-12-19-6-7-21(28)14-20(19)13-18/h5-8,11,14,18,24-25,32H,9-10,12-13,15-16H2,1-4H3/t18-,24-,25-/m1/s1. The maximum Gasteiger partial charge on any atom is 0.141 e. The lowest BCUT2D eigenvalue weighted by molar-refractivity contribution is -0.0151. The highest BCUT2D eigenvalue weighted by Crippen LogP contribution is 2.36. The molecule has 0 radical (unpaired) electrons. The summed E-state index contributed by atoms with van der Waals surface area (Å²) in [6.45, 7) is 8.75. The van der Waals surface area contributed by atoms with Crippen LogP contribution in [0.5, 0.6) is 0 Å². The topological polar surface area (TPSA) is 50.5 Å². The van der Waals surface area contributed by atoms with E-state index >= 15 is 0 Å². The van der Waals surface area contributed by atoms with Crippen molar-refractivity contribution in [1.82, 2.24) is 14.5 Å². The summed E-state index contributed by atoms with van der Waals surface area (Å²) in [5.74, 6) is 1.38. The molecule has 0 amide bonds. The Bertz CT molecular complexity index is 1170. The van der Waals surface area contributed by atoms with E-state index in [1.54, 1.807) is 0 Å². The van der Waals surface area contributed by atoms with E-state index in [0.717, 1.165) is 55.8 Å². The molecule has 0 spiro atoms. The zero-order chi connectivity index (χ0) is 23.3. The van der Waals surface area contributed by atoms with Gasteiger partial charge in [0.15, 0.2) is 0 Å². The highest BCUT2D eigenvalue weighted by Gasteiger charge is 2.37. The molecule has 1 fully saturated rings. The minimum atomic E-state index is -1.02. The Morgan fingerprint density at radius 2 is 1.94 bits per heavy atom. The van der Waals surface area contributed by atoms with Crippen LogP contribution in [0.15, 0.2) is 40.9 Å². The van der Waals surface area contributed by atoms with Crippen molar-refractivity contribution in [3.63, 3.8) is 0 Å². The molecule has 1 aliphatic carbocycles. The van der Waals surface area contributed by atoms with Gasteiger partial charge in [-0.2, -0.15) is 0 Å². The largest absolute Gasteiger partial charge is 0.383 e.